The summed E-state index contributed by atoms with van der Waals surface area (Å²) in [6, 6.07) is 17.6. The van der Waals surface area contributed by atoms with Crippen LogP contribution in [-0.2, 0) is 20.8 Å². The summed E-state index contributed by atoms with van der Waals surface area (Å²) >= 11 is 0. The number of epoxide rings is 1. The van der Waals surface area contributed by atoms with Gasteiger partial charge in [0, 0.05) is 5.56 Å². The Hall–Kier alpha value is -2.98. The van der Waals surface area contributed by atoms with E-state index in [2.05, 4.69) is 0 Å². The fourth-order valence-electron chi connectivity index (χ4n) is 4.63. The normalized spacial score (nSPS) is 31.6. The molecule has 2 aromatic carbocycles. The average Bonchev–Trinajstić information content (AvgIpc) is 3.54. The number of nitrogens with zero attached hydrogens (tertiary/aromatic N) is 3. The summed E-state index contributed by atoms with van der Waals surface area (Å²) in [6.45, 7) is 0.340. The van der Waals surface area contributed by atoms with Gasteiger partial charge in [-0.15, -0.1) is 0 Å². The van der Waals surface area contributed by atoms with Crippen LogP contribution >= 0.6 is 0 Å². The fourth-order valence-corrected chi connectivity index (χ4v) is 4.63. The molecule has 0 bridgehead atoms. The van der Waals surface area contributed by atoms with Crippen molar-refractivity contribution in [3.05, 3.63) is 87.2 Å². The lowest BCUT2D eigenvalue weighted by Gasteiger charge is -2.39. The number of ether oxygens (including phenoxy) is 3. The second-order valence-corrected chi connectivity index (χ2v) is 8.04. The fraction of sp³-hybridized carbons (Fsp3) is 0.364. The maximum atomic E-state index is 13.4. The quantitative estimate of drug-likeness (QED) is 0.620. The lowest BCUT2D eigenvalue weighted by molar-refractivity contribution is -0.269. The Bertz CT molecular complexity index is 1220. The summed E-state index contributed by atoms with van der Waals surface area (Å²) in [5, 5.41) is 10.7. The Labute approximate surface area is 176 Å². The second-order valence-electron chi connectivity index (χ2n) is 8.04. The molecule has 160 valence electrons. The SMILES string of the molecule is O=c1n(-c2ccccc2)c(=O)n2n1CC1OC1[C@H]2[C@@H]1O[C@H](c2ccccc2)OC[C@H]1O. The summed E-state index contributed by atoms with van der Waals surface area (Å²) in [4.78, 5) is 26.5. The Morgan fingerprint density at radius 2 is 1.58 bits per heavy atom. The maximum absolute atomic E-state index is 13.4. The molecule has 2 saturated heterocycles. The number of fused-ring (bicyclic) bond motifs is 2. The number of aliphatic hydroxyl groups is 1. The zero-order chi connectivity index (χ0) is 21.1. The van der Waals surface area contributed by atoms with Gasteiger partial charge in [-0.1, -0.05) is 48.5 Å². The van der Waals surface area contributed by atoms with Crippen molar-refractivity contribution in [3.63, 3.8) is 0 Å². The molecule has 0 spiro atoms. The third-order valence-electron chi connectivity index (χ3n) is 6.15. The van der Waals surface area contributed by atoms with Crippen molar-refractivity contribution in [2.45, 2.75) is 43.3 Å². The number of aromatic nitrogens is 3. The van der Waals surface area contributed by atoms with Gasteiger partial charge in [0.2, 0.25) is 0 Å². The monoisotopic (exact) mass is 423 g/mol. The first-order chi connectivity index (χ1) is 15.1. The van der Waals surface area contributed by atoms with Gasteiger partial charge in [-0.05, 0) is 12.1 Å². The molecule has 3 aromatic rings. The third kappa shape index (κ3) is 2.93. The lowest BCUT2D eigenvalue weighted by Crippen LogP contribution is -2.52. The van der Waals surface area contributed by atoms with Gasteiger partial charge in [0.05, 0.1) is 18.8 Å². The molecule has 9 nitrogen and oxygen atoms in total. The van der Waals surface area contributed by atoms with E-state index in [0.717, 1.165) is 10.1 Å². The Kier molecular flexibility index (Phi) is 4.25. The summed E-state index contributed by atoms with van der Waals surface area (Å²) in [6.07, 6.45) is -2.92. The molecule has 0 aliphatic carbocycles. The Morgan fingerprint density at radius 1 is 0.871 bits per heavy atom. The van der Waals surface area contributed by atoms with Crippen LogP contribution in [-0.4, -0.2) is 50.1 Å². The van der Waals surface area contributed by atoms with Crippen LogP contribution in [0.1, 0.15) is 17.9 Å². The second kappa shape index (κ2) is 7.03. The molecular weight excluding hydrogens is 402 g/mol. The molecule has 4 heterocycles. The van der Waals surface area contributed by atoms with E-state index in [1.165, 1.54) is 9.36 Å². The molecule has 1 N–H and O–H groups in total. The molecule has 9 heteroatoms. The van der Waals surface area contributed by atoms with Crippen LogP contribution in [0.25, 0.3) is 5.69 Å². The van der Waals surface area contributed by atoms with Gasteiger partial charge in [0.15, 0.2) is 6.29 Å². The van der Waals surface area contributed by atoms with Gasteiger partial charge in [0.25, 0.3) is 0 Å². The van der Waals surface area contributed by atoms with E-state index in [9.17, 15) is 14.7 Å². The summed E-state index contributed by atoms with van der Waals surface area (Å²) in [5.74, 6) is 0. The van der Waals surface area contributed by atoms with Gasteiger partial charge in [0.1, 0.15) is 30.5 Å². The highest BCUT2D eigenvalue weighted by molar-refractivity contribution is 5.30. The first-order valence-electron chi connectivity index (χ1n) is 10.3. The minimum atomic E-state index is -0.969. The van der Waals surface area contributed by atoms with E-state index >= 15 is 0 Å². The maximum Gasteiger partial charge on any atom is 0.352 e. The van der Waals surface area contributed by atoms with E-state index in [1.54, 1.807) is 24.3 Å². The Morgan fingerprint density at radius 3 is 2.32 bits per heavy atom. The number of rotatable bonds is 3. The predicted octanol–water partition coefficient (Wildman–Crippen LogP) is 0.598. The minimum absolute atomic E-state index is 0.0521. The standard InChI is InChI=1S/C22H21N3O6/c26-15-12-29-20(13-7-3-1-4-8-13)31-18(15)17-19-16(30-19)11-23-21(27)24(22(28)25(17)23)14-9-5-2-6-10-14/h1-10,15-20,26H,11-12H2/t15-,16?,17-,18-,19?,20-/m1/s1. The lowest BCUT2D eigenvalue weighted by atomic mass is 9.98. The summed E-state index contributed by atoms with van der Waals surface area (Å²) in [7, 11) is 0. The predicted molar refractivity (Wildman–Crippen MR) is 108 cm³/mol. The highest BCUT2D eigenvalue weighted by Crippen LogP contribution is 2.42. The molecule has 1 aromatic heterocycles. The molecule has 3 aliphatic rings. The van der Waals surface area contributed by atoms with Gasteiger partial charge in [-0.2, -0.15) is 0 Å². The molecule has 2 unspecified atom stereocenters. The smallest absolute Gasteiger partial charge is 0.352 e. The van der Waals surface area contributed by atoms with Crippen LogP contribution in [0.15, 0.2) is 70.3 Å². The van der Waals surface area contributed by atoms with Crippen molar-refractivity contribution >= 4 is 0 Å². The molecule has 2 fully saturated rings. The van der Waals surface area contributed by atoms with Crippen molar-refractivity contribution in [3.8, 4) is 5.69 Å². The minimum Gasteiger partial charge on any atom is -0.388 e. The van der Waals surface area contributed by atoms with Crippen LogP contribution < -0.4 is 11.4 Å². The molecule has 31 heavy (non-hydrogen) atoms. The number of hydrogen-bond acceptors (Lipinski definition) is 6. The van der Waals surface area contributed by atoms with Crippen LogP contribution in [0.4, 0.5) is 0 Å². The average molecular weight is 423 g/mol. The van der Waals surface area contributed by atoms with Gasteiger partial charge >= 0.3 is 11.4 Å². The summed E-state index contributed by atoms with van der Waals surface area (Å²) in [5.41, 5.74) is 0.399. The number of aliphatic hydroxyl groups excluding tert-OH is 1. The van der Waals surface area contributed by atoms with Crippen LogP contribution in [0.5, 0.6) is 0 Å². The van der Waals surface area contributed by atoms with E-state index < -0.39 is 35.9 Å². The van der Waals surface area contributed by atoms with Crippen LogP contribution in [0, 0.1) is 0 Å². The molecule has 0 saturated carbocycles. The zero-order valence-corrected chi connectivity index (χ0v) is 16.5. The number of benzene rings is 2. The molecule has 6 atom stereocenters. The molecule has 0 radical (unpaired) electrons. The highest BCUT2D eigenvalue weighted by Gasteiger charge is 2.57. The van der Waals surface area contributed by atoms with Gasteiger partial charge in [-0.3, -0.25) is 0 Å². The number of hydrogen-bond donors (Lipinski definition) is 1. The Balaban J connectivity index is 1.43. The topological polar surface area (TPSA) is 100 Å². The highest BCUT2D eigenvalue weighted by atomic mass is 16.7. The zero-order valence-electron chi connectivity index (χ0n) is 16.5. The third-order valence-corrected chi connectivity index (χ3v) is 6.15. The molecule has 3 aliphatic heterocycles. The molecule has 6 rings (SSSR count). The van der Waals surface area contributed by atoms with Gasteiger partial charge < -0.3 is 19.3 Å². The number of para-hydroxylation sites is 1. The first-order valence-corrected chi connectivity index (χ1v) is 10.3. The van der Waals surface area contributed by atoms with Gasteiger partial charge in [-0.25, -0.2) is 23.5 Å². The van der Waals surface area contributed by atoms with Crippen molar-refractivity contribution in [2.24, 2.45) is 0 Å². The largest absolute Gasteiger partial charge is 0.388 e. The van der Waals surface area contributed by atoms with E-state index in [1.807, 2.05) is 36.4 Å². The summed E-state index contributed by atoms with van der Waals surface area (Å²) < 4.78 is 21.6. The first kappa shape index (κ1) is 18.8. The van der Waals surface area contributed by atoms with Crippen molar-refractivity contribution in [1.29, 1.82) is 0 Å². The molecule has 0 amide bonds. The van der Waals surface area contributed by atoms with Crippen LogP contribution in [0.3, 0.4) is 0 Å². The van der Waals surface area contributed by atoms with Crippen molar-refractivity contribution < 1.29 is 19.3 Å². The molecular formula is C22H21N3O6. The van der Waals surface area contributed by atoms with E-state index in [4.69, 9.17) is 14.2 Å². The van der Waals surface area contributed by atoms with E-state index in [0.29, 0.717) is 5.69 Å². The van der Waals surface area contributed by atoms with Crippen molar-refractivity contribution in [2.75, 3.05) is 6.61 Å². The van der Waals surface area contributed by atoms with E-state index in [-0.39, 0.29) is 25.4 Å². The van der Waals surface area contributed by atoms with Crippen LogP contribution in [0.2, 0.25) is 0 Å². The van der Waals surface area contributed by atoms with Crippen molar-refractivity contribution in [1.82, 2.24) is 13.9 Å².